The second kappa shape index (κ2) is 2.84. The zero-order chi connectivity index (χ0) is 10.3. The molecule has 0 fully saturated rings. The fourth-order valence-corrected chi connectivity index (χ4v) is 1.65. The quantitative estimate of drug-likeness (QED) is 0.555. The average Bonchev–Trinajstić information content (AvgIpc) is 2.82. The lowest BCUT2D eigenvalue weighted by Crippen LogP contribution is -1.85. The van der Waals surface area contributed by atoms with Crippen LogP contribution in [0.25, 0.3) is 22.4 Å². The van der Waals surface area contributed by atoms with Gasteiger partial charge in [0.1, 0.15) is 11.3 Å². The number of nitrogens with one attached hydrogen (secondary N) is 2. The highest BCUT2D eigenvalue weighted by Crippen LogP contribution is 2.24. The number of rotatable bonds is 1. The first-order valence-electron chi connectivity index (χ1n) is 4.58. The van der Waals surface area contributed by atoms with Crippen LogP contribution in [0.5, 0.6) is 0 Å². The molecule has 5 heteroatoms. The van der Waals surface area contributed by atoms with Crippen molar-refractivity contribution >= 4 is 17.0 Å². The Hall–Kier alpha value is -2.30. The molecular formula is C10H9N5. The summed E-state index contributed by atoms with van der Waals surface area (Å²) in [4.78, 5) is 14.5. The molecule has 0 amide bonds. The number of hydrogen-bond donors (Lipinski definition) is 3. The first-order valence-corrected chi connectivity index (χ1v) is 4.58. The van der Waals surface area contributed by atoms with E-state index in [0.717, 1.165) is 22.4 Å². The molecule has 0 aliphatic heterocycles. The van der Waals surface area contributed by atoms with Crippen molar-refractivity contribution < 1.29 is 0 Å². The van der Waals surface area contributed by atoms with Gasteiger partial charge in [0.05, 0.1) is 5.52 Å². The summed E-state index contributed by atoms with van der Waals surface area (Å²) in [6.07, 6.45) is 3.49. The largest absolute Gasteiger partial charge is 0.369 e. The number of benzene rings is 1. The summed E-state index contributed by atoms with van der Waals surface area (Å²) < 4.78 is 0. The number of nitrogens with zero attached hydrogens (tertiary/aromatic N) is 2. The normalized spacial score (nSPS) is 10.9. The third-order valence-corrected chi connectivity index (χ3v) is 2.28. The predicted octanol–water partition coefficient (Wildman–Crippen LogP) is 1.54. The van der Waals surface area contributed by atoms with Gasteiger partial charge in [0.2, 0.25) is 0 Å². The first kappa shape index (κ1) is 8.05. The number of nitrogens with two attached hydrogens (primary N) is 1. The molecule has 0 spiro atoms. The van der Waals surface area contributed by atoms with Gasteiger partial charge in [-0.2, -0.15) is 0 Å². The molecule has 0 unspecified atom stereocenters. The number of hydrogen-bond acceptors (Lipinski definition) is 3. The van der Waals surface area contributed by atoms with Crippen molar-refractivity contribution in [1.82, 2.24) is 19.9 Å². The van der Waals surface area contributed by atoms with Crippen LogP contribution < -0.4 is 5.73 Å². The fraction of sp³-hybridized carbons (Fsp3) is 0. The Morgan fingerprint density at radius 1 is 1.27 bits per heavy atom. The zero-order valence-corrected chi connectivity index (χ0v) is 7.86. The van der Waals surface area contributed by atoms with Crippen molar-refractivity contribution in [2.75, 3.05) is 5.73 Å². The van der Waals surface area contributed by atoms with Crippen molar-refractivity contribution in [3.05, 3.63) is 30.6 Å². The van der Waals surface area contributed by atoms with Crippen LogP contribution in [0.2, 0.25) is 0 Å². The van der Waals surface area contributed by atoms with E-state index in [1.54, 1.807) is 12.4 Å². The Morgan fingerprint density at radius 2 is 2.20 bits per heavy atom. The molecule has 0 aliphatic carbocycles. The lowest BCUT2D eigenvalue weighted by Gasteiger charge is -1.96. The minimum Gasteiger partial charge on any atom is -0.369 e. The fourth-order valence-electron chi connectivity index (χ4n) is 1.65. The average molecular weight is 199 g/mol. The van der Waals surface area contributed by atoms with Crippen molar-refractivity contribution in [1.29, 1.82) is 0 Å². The van der Waals surface area contributed by atoms with Crippen LogP contribution in [-0.2, 0) is 0 Å². The second-order valence-electron chi connectivity index (χ2n) is 3.26. The first-order chi connectivity index (χ1) is 7.34. The smallest absolute Gasteiger partial charge is 0.198 e. The van der Waals surface area contributed by atoms with E-state index in [1.165, 1.54) is 0 Å². The van der Waals surface area contributed by atoms with E-state index >= 15 is 0 Å². The number of imidazole rings is 2. The van der Waals surface area contributed by atoms with Gasteiger partial charge in [0.15, 0.2) is 5.95 Å². The van der Waals surface area contributed by atoms with Crippen LogP contribution in [-0.4, -0.2) is 19.9 Å². The molecule has 15 heavy (non-hydrogen) atoms. The molecule has 2 aromatic heterocycles. The summed E-state index contributed by atoms with van der Waals surface area (Å²) in [5.74, 6) is 1.22. The van der Waals surface area contributed by atoms with Gasteiger partial charge in [-0.3, -0.25) is 0 Å². The van der Waals surface area contributed by atoms with E-state index in [9.17, 15) is 0 Å². The summed E-state index contributed by atoms with van der Waals surface area (Å²) in [5.41, 5.74) is 8.32. The van der Waals surface area contributed by atoms with Crippen LogP contribution in [0, 0.1) is 0 Å². The summed E-state index contributed by atoms with van der Waals surface area (Å²) >= 11 is 0. The summed E-state index contributed by atoms with van der Waals surface area (Å²) in [5, 5.41) is 0. The number of nitrogen functional groups attached to an aromatic ring is 1. The van der Waals surface area contributed by atoms with E-state index < -0.39 is 0 Å². The lowest BCUT2D eigenvalue weighted by atomic mass is 10.2. The third-order valence-electron chi connectivity index (χ3n) is 2.28. The molecule has 0 aliphatic rings. The minimum atomic E-state index is 0.420. The van der Waals surface area contributed by atoms with Crippen molar-refractivity contribution in [3.8, 4) is 11.4 Å². The topological polar surface area (TPSA) is 83.4 Å². The Morgan fingerprint density at radius 3 is 3.00 bits per heavy atom. The highest BCUT2D eigenvalue weighted by Gasteiger charge is 2.08. The van der Waals surface area contributed by atoms with Crippen molar-refractivity contribution in [2.45, 2.75) is 0 Å². The Kier molecular flexibility index (Phi) is 1.53. The van der Waals surface area contributed by atoms with Gasteiger partial charge < -0.3 is 15.7 Å². The third kappa shape index (κ3) is 1.17. The molecule has 5 nitrogen and oxygen atoms in total. The van der Waals surface area contributed by atoms with Crippen molar-refractivity contribution in [2.24, 2.45) is 0 Å². The van der Waals surface area contributed by atoms with Gasteiger partial charge >= 0.3 is 0 Å². The van der Waals surface area contributed by atoms with Gasteiger partial charge in [0, 0.05) is 18.0 Å². The SMILES string of the molecule is Nc1nc2c(-c3ncc[nH]3)cccc2[nH]1. The Bertz CT molecular complexity index is 593. The van der Waals surface area contributed by atoms with Crippen LogP contribution in [0.1, 0.15) is 0 Å². The van der Waals surface area contributed by atoms with Gasteiger partial charge in [-0.1, -0.05) is 6.07 Å². The van der Waals surface area contributed by atoms with Crippen LogP contribution in [0.3, 0.4) is 0 Å². The molecule has 1 aromatic carbocycles. The molecule has 0 saturated carbocycles. The number of aromatic amines is 2. The lowest BCUT2D eigenvalue weighted by molar-refractivity contribution is 1.31. The maximum atomic E-state index is 5.62. The highest BCUT2D eigenvalue weighted by molar-refractivity contribution is 5.91. The van der Waals surface area contributed by atoms with E-state index in [0.29, 0.717) is 5.95 Å². The molecule has 3 aromatic rings. The van der Waals surface area contributed by atoms with Gasteiger partial charge in [-0.15, -0.1) is 0 Å². The monoisotopic (exact) mass is 199 g/mol. The molecule has 3 rings (SSSR count). The Labute approximate surface area is 85.4 Å². The number of para-hydroxylation sites is 1. The maximum Gasteiger partial charge on any atom is 0.198 e. The van der Waals surface area contributed by atoms with Crippen molar-refractivity contribution in [3.63, 3.8) is 0 Å². The van der Waals surface area contributed by atoms with Crippen LogP contribution >= 0.6 is 0 Å². The second-order valence-corrected chi connectivity index (χ2v) is 3.26. The molecule has 0 saturated heterocycles. The molecule has 4 N–H and O–H groups in total. The number of H-pyrrole nitrogens is 2. The number of anilines is 1. The van der Waals surface area contributed by atoms with E-state index in [2.05, 4.69) is 19.9 Å². The summed E-state index contributed by atoms with van der Waals surface area (Å²) in [7, 11) is 0. The molecule has 74 valence electrons. The summed E-state index contributed by atoms with van der Waals surface area (Å²) in [6, 6.07) is 5.84. The highest BCUT2D eigenvalue weighted by atomic mass is 15.0. The zero-order valence-electron chi connectivity index (χ0n) is 7.86. The molecule has 0 atom stereocenters. The molecular weight excluding hydrogens is 190 g/mol. The summed E-state index contributed by atoms with van der Waals surface area (Å²) in [6.45, 7) is 0. The molecule has 0 radical (unpaired) electrons. The molecule has 0 bridgehead atoms. The maximum absolute atomic E-state index is 5.62. The van der Waals surface area contributed by atoms with Crippen LogP contribution in [0.4, 0.5) is 5.95 Å². The van der Waals surface area contributed by atoms with Gasteiger partial charge in [-0.25, -0.2) is 9.97 Å². The number of aromatic nitrogens is 4. The number of fused-ring (bicyclic) bond motifs is 1. The molecule has 2 heterocycles. The van der Waals surface area contributed by atoms with Gasteiger partial charge in [0.25, 0.3) is 0 Å². The van der Waals surface area contributed by atoms with E-state index in [1.807, 2.05) is 18.2 Å². The van der Waals surface area contributed by atoms with Gasteiger partial charge in [-0.05, 0) is 12.1 Å². The van der Waals surface area contributed by atoms with E-state index in [-0.39, 0.29) is 0 Å². The predicted molar refractivity (Wildman–Crippen MR) is 58.1 cm³/mol. The Balaban J connectivity index is 2.35. The van der Waals surface area contributed by atoms with Crippen LogP contribution in [0.15, 0.2) is 30.6 Å². The van der Waals surface area contributed by atoms with E-state index in [4.69, 9.17) is 5.73 Å². The standard InChI is InChI=1S/C10H9N5/c11-10-14-7-3-1-2-6(8(7)15-10)9-12-4-5-13-9/h1-5H,(H,12,13)(H3,11,14,15). The minimum absolute atomic E-state index is 0.420.